The second-order valence-electron chi connectivity index (χ2n) is 8.83. The monoisotopic (exact) mass is 590 g/mol. The number of nitrogens with two attached hydrogens (primary N) is 2. The number of alkyl halides is 3. The number of pyridine rings is 1. The average molecular weight is 591 g/mol. The van der Waals surface area contributed by atoms with Crippen molar-refractivity contribution in [3.8, 4) is 11.3 Å². The average Bonchev–Trinajstić information content (AvgIpc) is 2.93. The lowest BCUT2D eigenvalue weighted by molar-refractivity contribution is -0.118. The van der Waals surface area contributed by atoms with Crippen molar-refractivity contribution in [2.75, 3.05) is 29.1 Å². The molecule has 8 N–H and O–H groups in total. The van der Waals surface area contributed by atoms with Crippen LogP contribution in [0.15, 0.2) is 65.6 Å². The highest BCUT2D eigenvalue weighted by molar-refractivity contribution is 7.89. The molecule has 1 amide bonds. The fraction of sp³-hybridized carbons (Fsp3) is 0.200. The number of hydrogen-bond donors (Lipinski definition) is 6. The van der Waals surface area contributed by atoms with Gasteiger partial charge in [-0.1, -0.05) is 24.3 Å². The Labute approximate surface area is 232 Å². The summed E-state index contributed by atoms with van der Waals surface area (Å²) in [6.07, 6.45) is -4.52. The van der Waals surface area contributed by atoms with Crippen LogP contribution in [-0.4, -0.2) is 59.8 Å². The minimum absolute atomic E-state index is 0.0217. The third kappa shape index (κ3) is 7.85. The van der Waals surface area contributed by atoms with Crippen molar-refractivity contribution in [1.82, 2.24) is 15.0 Å². The van der Waals surface area contributed by atoms with Gasteiger partial charge in [0, 0.05) is 17.8 Å². The number of primary sulfonamides is 1. The summed E-state index contributed by atoms with van der Waals surface area (Å²) in [5.74, 6) is -0.692. The number of carbonyl (C=O) groups excluding carboxylic acids is 1. The van der Waals surface area contributed by atoms with Gasteiger partial charge in [0.15, 0.2) is 5.82 Å². The number of nitrogens with zero attached hydrogens (tertiary/aromatic N) is 3. The van der Waals surface area contributed by atoms with Gasteiger partial charge in [0.05, 0.1) is 22.7 Å². The number of rotatable bonds is 10. The van der Waals surface area contributed by atoms with Crippen LogP contribution in [0.4, 0.5) is 30.6 Å². The molecule has 216 valence electrons. The van der Waals surface area contributed by atoms with Crippen LogP contribution in [0.1, 0.15) is 5.56 Å². The second kappa shape index (κ2) is 12.0. The van der Waals surface area contributed by atoms with Crippen molar-refractivity contribution in [1.29, 1.82) is 0 Å². The van der Waals surface area contributed by atoms with E-state index in [0.717, 1.165) is 0 Å². The number of hydrogen-bond acceptors (Lipinski definition) is 10. The lowest BCUT2D eigenvalue weighted by Crippen LogP contribution is -2.38. The zero-order chi connectivity index (χ0) is 29.8. The van der Waals surface area contributed by atoms with Gasteiger partial charge in [0.1, 0.15) is 18.1 Å². The molecular formula is C25H25F3N8O4S. The molecule has 12 nitrogen and oxygen atoms in total. The SMILES string of the molecule is N[C@@H](CO)C(=O)Nc1ccc(-c2ccc3nc(NCc4ccc(S(N)(=O)=O)cc4)nc(NCC(F)(F)F)c3n2)cc1. The number of aromatic nitrogens is 3. The smallest absolute Gasteiger partial charge is 0.394 e. The van der Waals surface area contributed by atoms with Gasteiger partial charge in [0.25, 0.3) is 0 Å². The summed E-state index contributed by atoms with van der Waals surface area (Å²) in [6.45, 7) is -1.72. The van der Waals surface area contributed by atoms with Crippen molar-refractivity contribution in [3.05, 3.63) is 66.2 Å². The maximum absolute atomic E-state index is 13.0. The van der Waals surface area contributed by atoms with Crippen molar-refractivity contribution < 1.29 is 31.5 Å². The van der Waals surface area contributed by atoms with Crippen LogP contribution in [-0.2, 0) is 21.4 Å². The van der Waals surface area contributed by atoms with E-state index in [4.69, 9.17) is 16.0 Å². The maximum Gasteiger partial charge on any atom is 0.405 e. The highest BCUT2D eigenvalue weighted by Gasteiger charge is 2.27. The minimum atomic E-state index is -4.52. The number of nitrogens with one attached hydrogen (secondary N) is 3. The third-order valence-electron chi connectivity index (χ3n) is 5.68. The first-order valence-corrected chi connectivity index (χ1v) is 13.5. The summed E-state index contributed by atoms with van der Waals surface area (Å²) in [4.78, 5) is 24.8. The van der Waals surface area contributed by atoms with Gasteiger partial charge in [-0.25, -0.2) is 23.5 Å². The van der Waals surface area contributed by atoms with E-state index >= 15 is 0 Å². The topological polar surface area (TPSA) is 198 Å². The lowest BCUT2D eigenvalue weighted by atomic mass is 10.1. The highest BCUT2D eigenvalue weighted by atomic mass is 32.2. The van der Waals surface area contributed by atoms with E-state index in [0.29, 0.717) is 22.5 Å². The van der Waals surface area contributed by atoms with E-state index in [2.05, 4.69) is 30.9 Å². The Bertz CT molecular complexity index is 1650. The van der Waals surface area contributed by atoms with E-state index in [-0.39, 0.29) is 34.2 Å². The van der Waals surface area contributed by atoms with Crippen LogP contribution in [0.3, 0.4) is 0 Å². The van der Waals surface area contributed by atoms with Crippen LogP contribution >= 0.6 is 0 Å². The zero-order valence-electron chi connectivity index (χ0n) is 21.2. The standard InChI is InChI=1S/C25H25F3N8O4S/c26-25(27,28)13-32-22-21-20(35-24(36-22)31-11-14-1-7-17(8-2-14)41(30,39)40)10-9-19(34-21)15-3-5-16(6-4-15)33-23(38)18(29)12-37/h1-10,18,37H,11-13,29H2,(H,33,38)(H2,30,39,40)(H2,31,32,35,36)/t18-/m0/s1. The van der Waals surface area contributed by atoms with Gasteiger partial charge in [-0.15, -0.1) is 0 Å². The quantitative estimate of drug-likeness (QED) is 0.159. The fourth-order valence-corrected chi connectivity index (χ4v) is 4.10. The third-order valence-corrected chi connectivity index (χ3v) is 6.61. The number of fused-ring (bicyclic) bond motifs is 1. The number of aliphatic hydroxyl groups excluding tert-OH is 1. The molecule has 4 aromatic rings. The zero-order valence-corrected chi connectivity index (χ0v) is 22.0. The van der Waals surface area contributed by atoms with Crippen LogP contribution in [0.25, 0.3) is 22.3 Å². The van der Waals surface area contributed by atoms with E-state index in [1.165, 1.54) is 24.3 Å². The number of anilines is 3. The molecule has 2 heterocycles. The highest BCUT2D eigenvalue weighted by Crippen LogP contribution is 2.27. The summed E-state index contributed by atoms with van der Waals surface area (Å²) in [7, 11) is -3.85. The molecule has 0 unspecified atom stereocenters. The molecule has 0 radical (unpaired) electrons. The van der Waals surface area contributed by atoms with Gasteiger partial charge >= 0.3 is 6.18 Å². The Kier molecular flexibility index (Phi) is 8.67. The van der Waals surface area contributed by atoms with E-state index in [9.17, 15) is 26.4 Å². The number of halogens is 3. The minimum Gasteiger partial charge on any atom is -0.394 e. The molecule has 0 fully saturated rings. The summed E-state index contributed by atoms with van der Waals surface area (Å²) in [6, 6.07) is 14.3. The molecule has 1 atom stereocenters. The van der Waals surface area contributed by atoms with E-state index in [1.54, 1.807) is 36.4 Å². The van der Waals surface area contributed by atoms with Crippen LogP contribution < -0.4 is 26.8 Å². The first kappa shape index (κ1) is 29.6. The van der Waals surface area contributed by atoms with Crippen molar-refractivity contribution >= 4 is 44.4 Å². The maximum atomic E-state index is 13.0. The Morgan fingerprint density at radius 1 is 0.951 bits per heavy atom. The van der Waals surface area contributed by atoms with Crippen molar-refractivity contribution in [2.24, 2.45) is 10.9 Å². The summed E-state index contributed by atoms with van der Waals surface area (Å²) < 4.78 is 62.0. The molecule has 0 saturated carbocycles. The Hall–Kier alpha value is -4.38. The molecule has 0 bridgehead atoms. The van der Waals surface area contributed by atoms with E-state index < -0.39 is 41.3 Å². The second-order valence-corrected chi connectivity index (χ2v) is 10.4. The summed E-state index contributed by atoms with van der Waals surface area (Å²) >= 11 is 0. The number of benzene rings is 2. The Balaban J connectivity index is 1.60. The molecule has 0 aliphatic heterocycles. The van der Waals surface area contributed by atoms with Crippen LogP contribution in [0.5, 0.6) is 0 Å². The first-order chi connectivity index (χ1) is 19.3. The summed E-state index contributed by atoms with van der Waals surface area (Å²) in [5, 5.41) is 21.9. The van der Waals surface area contributed by atoms with Gasteiger partial charge in [-0.05, 0) is 42.0 Å². The molecule has 0 spiro atoms. The van der Waals surface area contributed by atoms with E-state index in [1.807, 2.05) is 0 Å². The molecule has 16 heteroatoms. The van der Waals surface area contributed by atoms with Gasteiger partial charge < -0.3 is 26.8 Å². The van der Waals surface area contributed by atoms with Crippen LogP contribution in [0.2, 0.25) is 0 Å². The molecule has 2 aromatic carbocycles. The number of carbonyl (C=O) groups is 1. The fourth-order valence-electron chi connectivity index (χ4n) is 3.58. The van der Waals surface area contributed by atoms with Crippen molar-refractivity contribution in [3.63, 3.8) is 0 Å². The normalized spacial score (nSPS) is 12.6. The molecular weight excluding hydrogens is 565 g/mol. The van der Waals surface area contributed by atoms with Gasteiger partial charge in [0.2, 0.25) is 21.9 Å². The molecule has 0 aliphatic rings. The van der Waals surface area contributed by atoms with Gasteiger partial charge in [-0.2, -0.15) is 18.2 Å². The number of amides is 1. The molecule has 4 rings (SSSR count). The Morgan fingerprint density at radius 2 is 1.63 bits per heavy atom. The number of sulfonamides is 1. The van der Waals surface area contributed by atoms with Gasteiger partial charge in [-0.3, -0.25) is 4.79 Å². The Morgan fingerprint density at radius 3 is 2.24 bits per heavy atom. The van der Waals surface area contributed by atoms with Crippen molar-refractivity contribution in [2.45, 2.75) is 23.7 Å². The summed E-state index contributed by atoms with van der Waals surface area (Å²) in [5.41, 5.74) is 7.95. The molecule has 41 heavy (non-hydrogen) atoms. The lowest BCUT2D eigenvalue weighted by Gasteiger charge is -2.14. The first-order valence-electron chi connectivity index (χ1n) is 11.9. The largest absolute Gasteiger partial charge is 0.405 e. The molecule has 0 saturated heterocycles. The molecule has 0 aliphatic carbocycles. The number of aliphatic hydroxyl groups is 1. The van der Waals surface area contributed by atoms with Crippen LogP contribution in [0, 0.1) is 0 Å². The predicted molar refractivity (Wildman–Crippen MR) is 146 cm³/mol. The predicted octanol–water partition coefficient (Wildman–Crippen LogP) is 2.18. The molecule has 2 aromatic heterocycles.